The number of alkyl halides is 3. The second-order valence-electron chi connectivity index (χ2n) is 4.14. The molecule has 0 aliphatic heterocycles. The number of nitrogens with zero attached hydrogens (tertiary/aromatic N) is 3. The van der Waals surface area contributed by atoms with Gasteiger partial charge in [-0.15, -0.1) is 0 Å². The summed E-state index contributed by atoms with van der Waals surface area (Å²) in [6, 6.07) is 7.67. The predicted molar refractivity (Wildman–Crippen MR) is 73.1 cm³/mol. The largest absolute Gasteiger partial charge is 0.497 e. The maximum atomic E-state index is 12.7. The zero-order chi connectivity index (χ0) is 15.6. The van der Waals surface area contributed by atoms with Crippen LogP contribution >= 0.6 is 11.6 Å². The van der Waals surface area contributed by atoms with Crippen LogP contribution in [0, 0.1) is 0 Å². The fourth-order valence-electron chi connectivity index (χ4n) is 1.67. The van der Waals surface area contributed by atoms with Gasteiger partial charge < -0.3 is 9.64 Å². The molecule has 0 radical (unpaired) electrons. The Morgan fingerprint density at radius 3 is 2.52 bits per heavy atom. The summed E-state index contributed by atoms with van der Waals surface area (Å²) in [5.41, 5.74) is -0.482. The van der Waals surface area contributed by atoms with Gasteiger partial charge in [0.25, 0.3) is 0 Å². The van der Waals surface area contributed by atoms with E-state index in [-0.39, 0.29) is 5.82 Å². The molecule has 0 saturated carbocycles. The van der Waals surface area contributed by atoms with Gasteiger partial charge in [-0.2, -0.15) is 13.2 Å². The van der Waals surface area contributed by atoms with Crippen LogP contribution in [-0.2, 0) is 6.18 Å². The van der Waals surface area contributed by atoms with Crippen molar-refractivity contribution in [3.05, 3.63) is 41.3 Å². The second kappa shape index (κ2) is 5.77. The van der Waals surface area contributed by atoms with Gasteiger partial charge >= 0.3 is 6.18 Å². The van der Waals surface area contributed by atoms with Crippen LogP contribution in [0.3, 0.4) is 0 Å². The van der Waals surface area contributed by atoms with Crippen LogP contribution in [-0.4, -0.2) is 24.1 Å². The highest BCUT2D eigenvalue weighted by atomic mass is 35.5. The Hall–Kier alpha value is -2.02. The fourth-order valence-corrected chi connectivity index (χ4v) is 1.85. The maximum Gasteiger partial charge on any atom is 0.433 e. The Bertz CT molecular complexity index is 649. The molecule has 1 aromatic carbocycles. The molecular weight excluding hydrogens is 307 g/mol. The van der Waals surface area contributed by atoms with Crippen molar-refractivity contribution in [2.75, 3.05) is 19.1 Å². The van der Waals surface area contributed by atoms with E-state index in [4.69, 9.17) is 16.3 Å². The monoisotopic (exact) mass is 317 g/mol. The van der Waals surface area contributed by atoms with Gasteiger partial charge in [-0.1, -0.05) is 6.07 Å². The number of benzene rings is 1. The minimum atomic E-state index is -4.59. The maximum absolute atomic E-state index is 12.7. The molecule has 0 bridgehead atoms. The molecule has 2 aromatic rings. The molecule has 0 atom stereocenters. The van der Waals surface area contributed by atoms with Gasteiger partial charge in [-0.3, -0.25) is 0 Å². The quantitative estimate of drug-likeness (QED) is 0.804. The molecule has 1 heterocycles. The standard InChI is InChI=1S/C13H11ClF3N3O/c1-20(8-4-3-5-9(6-8)21-2)11-7-10(13(15,16)17)18-12(14)19-11/h3-7H,1-2H3. The number of methoxy groups -OCH3 is 1. The molecule has 0 unspecified atom stereocenters. The van der Waals surface area contributed by atoms with E-state index in [9.17, 15) is 13.2 Å². The predicted octanol–water partition coefficient (Wildman–Crippen LogP) is 3.93. The summed E-state index contributed by atoms with van der Waals surface area (Å²) < 4.78 is 43.3. The number of hydrogen-bond acceptors (Lipinski definition) is 4. The van der Waals surface area contributed by atoms with Crippen molar-refractivity contribution >= 4 is 23.1 Å². The minimum absolute atomic E-state index is 0.0376. The first-order valence-electron chi connectivity index (χ1n) is 5.81. The van der Waals surface area contributed by atoms with Gasteiger partial charge in [0.15, 0.2) is 5.69 Å². The van der Waals surface area contributed by atoms with Crippen molar-refractivity contribution < 1.29 is 17.9 Å². The first-order valence-corrected chi connectivity index (χ1v) is 6.18. The van der Waals surface area contributed by atoms with Crippen LogP contribution < -0.4 is 9.64 Å². The fraction of sp³-hybridized carbons (Fsp3) is 0.231. The third-order valence-corrected chi connectivity index (χ3v) is 2.93. The lowest BCUT2D eigenvalue weighted by Crippen LogP contribution is -2.15. The summed E-state index contributed by atoms with van der Waals surface area (Å²) >= 11 is 5.57. The van der Waals surface area contributed by atoms with Crippen molar-refractivity contribution in [2.24, 2.45) is 0 Å². The number of hydrogen-bond donors (Lipinski definition) is 0. The first-order chi connectivity index (χ1) is 9.81. The summed E-state index contributed by atoms with van der Waals surface area (Å²) in [4.78, 5) is 8.48. The number of anilines is 2. The Kier molecular flexibility index (Phi) is 4.22. The number of rotatable bonds is 3. The first kappa shape index (κ1) is 15.4. The van der Waals surface area contributed by atoms with E-state index in [0.717, 1.165) is 6.07 Å². The van der Waals surface area contributed by atoms with Gasteiger partial charge in [-0.25, -0.2) is 9.97 Å². The highest BCUT2D eigenvalue weighted by Crippen LogP contribution is 2.32. The Balaban J connectivity index is 2.43. The third kappa shape index (κ3) is 3.55. The molecule has 0 fully saturated rings. The van der Waals surface area contributed by atoms with Crippen LogP contribution in [0.2, 0.25) is 5.28 Å². The molecule has 0 aliphatic rings. The molecule has 0 aliphatic carbocycles. The Morgan fingerprint density at radius 1 is 1.19 bits per heavy atom. The van der Waals surface area contributed by atoms with Crippen molar-refractivity contribution in [2.45, 2.75) is 6.18 Å². The average Bonchev–Trinajstić information content (AvgIpc) is 2.45. The summed E-state index contributed by atoms with van der Waals surface area (Å²) in [7, 11) is 3.08. The van der Waals surface area contributed by atoms with E-state index in [0.29, 0.717) is 11.4 Å². The van der Waals surface area contributed by atoms with E-state index in [1.54, 1.807) is 31.3 Å². The van der Waals surface area contributed by atoms with Crippen LogP contribution in [0.5, 0.6) is 5.75 Å². The van der Waals surface area contributed by atoms with E-state index >= 15 is 0 Å². The van der Waals surface area contributed by atoms with E-state index in [2.05, 4.69) is 9.97 Å². The van der Waals surface area contributed by atoms with Crippen LogP contribution in [0.25, 0.3) is 0 Å². The Morgan fingerprint density at radius 2 is 1.90 bits per heavy atom. The lowest BCUT2D eigenvalue weighted by molar-refractivity contribution is -0.141. The number of aromatic nitrogens is 2. The highest BCUT2D eigenvalue weighted by Gasteiger charge is 2.34. The average molecular weight is 318 g/mol. The third-order valence-electron chi connectivity index (χ3n) is 2.76. The SMILES string of the molecule is COc1cccc(N(C)c2cc(C(F)(F)F)nc(Cl)n2)c1. The van der Waals surface area contributed by atoms with Gasteiger partial charge in [-0.05, 0) is 23.7 Å². The van der Waals surface area contributed by atoms with E-state index in [1.165, 1.54) is 12.0 Å². The summed E-state index contributed by atoms with van der Waals surface area (Å²) in [5.74, 6) is 0.617. The van der Waals surface area contributed by atoms with Gasteiger partial charge in [0.2, 0.25) is 5.28 Å². The zero-order valence-electron chi connectivity index (χ0n) is 11.1. The van der Waals surface area contributed by atoms with Crippen molar-refractivity contribution in [3.63, 3.8) is 0 Å². The summed E-state index contributed by atoms with van der Waals surface area (Å²) in [5, 5.41) is -0.463. The molecule has 21 heavy (non-hydrogen) atoms. The smallest absolute Gasteiger partial charge is 0.433 e. The van der Waals surface area contributed by atoms with Gasteiger partial charge in [0.1, 0.15) is 11.6 Å². The lowest BCUT2D eigenvalue weighted by Gasteiger charge is -2.20. The van der Waals surface area contributed by atoms with E-state index in [1.807, 2.05) is 0 Å². The summed E-state index contributed by atoms with van der Waals surface area (Å²) in [6.07, 6.45) is -4.59. The molecular formula is C13H11ClF3N3O. The van der Waals surface area contributed by atoms with Crippen molar-refractivity contribution in [3.8, 4) is 5.75 Å². The molecule has 2 rings (SSSR count). The molecule has 112 valence electrons. The molecule has 1 aromatic heterocycles. The molecule has 0 amide bonds. The zero-order valence-corrected chi connectivity index (χ0v) is 11.9. The van der Waals surface area contributed by atoms with Gasteiger partial charge in [0.05, 0.1) is 7.11 Å². The molecule has 0 saturated heterocycles. The second-order valence-corrected chi connectivity index (χ2v) is 4.48. The highest BCUT2D eigenvalue weighted by molar-refractivity contribution is 6.28. The minimum Gasteiger partial charge on any atom is -0.497 e. The van der Waals surface area contributed by atoms with Crippen molar-refractivity contribution in [1.82, 2.24) is 9.97 Å². The number of ether oxygens (including phenoxy) is 1. The number of halogens is 4. The lowest BCUT2D eigenvalue weighted by atomic mass is 10.2. The van der Waals surface area contributed by atoms with Crippen LogP contribution in [0.1, 0.15) is 5.69 Å². The summed E-state index contributed by atoms with van der Waals surface area (Å²) in [6.45, 7) is 0. The Labute approximate surface area is 124 Å². The van der Waals surface area contributed by atoms with Gasteiger partial charge in [0, 0.05) is 24.9 Å². The van der Waals surface area contributed by atoms with Crippen LogP contribution in [0.4, 0.5) is 24.7 Å². The topological polar surface area (TPSA) is 38.2 Å². The normalized spacial score (nSPS) is 11.3. The molecule has 0 N–H and O–H groups in total. The molecule has 4 nitrogen and oxygen atoms in total. The van der Waals surface area contributed by atoms with Crippen LogP contribution in [0.15, 0.2) is 30.3 Å². The molecule has 0 spiro atoms. The van der Waals surface area contributed by atoms with Crippen molar-refractivity contribution in [1.29, 1.82) is 0 Å². The molecule has 8 heteroatoms. The van der Waals surface area contributed by atoms with E-state index < -0.39 is 17.2 Å².